The van der Waals surface area contributed by atoms with Gasteiger partial charge >= 0.3 is 0 Å². The summed E-state index contributed by atoms with van der Waals surface area (Å²) in [5, 5.41) is 0. The van der Waals surface area contributed by atoms with Gasteiger partial charge in [0.05, 0.1) is 0 Å². The van der Waals surface area contributed by atoms with Crippen LogP contribution in [0.4, 0.5) is 0 Å². The number of nitrogens with zero attached hydrogens (tertiary/aromatic N) is 1. The van der Waals surface area contributed by atoms with Crippen LogP contribution in [-0.2, 0) is 0 Å². The van der Waals surface area contributed by atoms with E-state index >= 15 is 0 Å². The van der Waals surface area contributed by atoms with Crippen molar-refractivity contribution in [2.45, 2.75) is 73.8 Å². The zero-order chi connectivity index (χ0) is 14.1. The van der Waals surface area contributed by atoms with Crippen molar-refractivity contribution in [2.75, 3.05) is 13.1 Å². The van der Waals surface area contributed by atoms with Gasteiger partial charge in [0.1, 0.15) is 0 Å². The summed E-state index contributed by atoms with van der Waals surface area (Å²) in [7, 11) is 0. The van der Waals surface area contributed by atoms with E-state index in [0.29, 0.717) is 11.0 Å². The van der Waals surface area contributed by atoms with Gasteiger partial charge in [-0.15, -0.1) is 0 Å². The molecule has 18 heavy (non-hydrogen) atoms. The molecule has 1 aliphatic rings. The number of likely N-dealkylation sites (tertiary alicyclic amines) is 1. The first kappa shape index (κ1) is 16.0. The molecule has 0 aromatic rings. The molecule has 1 nitrogen and oxygen atoms in total. The van der Waals surface area contributed by atoms with Gasteiger partial charge in [0.2, 0.25) is 0 Å². The van der Waals surface area contributed by atoms with E-state index in [2.05, 4.69) is 60.3 Å². The van der Waals surface area contributed by atoms with Gasteiger partial charge in [-0.1, -0.05) is 47.5 Å². The van der Waals surface area contributed by atoms with Crippen molar-refractivity contribution in [2.24, 2.45) is 23.2 Å². The van der Waals surface area contributed by atoms with Crippen LogP contribution in [-0.4, -0.2) is 23.5 Å². The third-order valence-corrected chi connectivity index (χ3v) is 4.90. The minimum Gasteiger partial charge on any atom is -0.298 e. The predicted molar refractivity (Wildman–Crippen MR) is 81.8 cm³/mol. The molecule has 0 amide bonds. The molecule has 1 aliphatic heterocycles. The Bertz CT molecular complexity index is 256. The summed E-state index contributed by atoms with van der Waals surface area (Å²) in [5.41, 5.74) is 0.761. The molecule has 0 aromatic heterocycles. The predicted octanol–water partition coefficient (Wildman–Crippen LogP) is 4.82. The van der Waals surface area contributed by atoms with Crippen LogP contribution < -0.4 is 0 Å². The Hall–Kier alpha value is -0.0400. The number of hydrogen-bond acceptors (Lipinski definition) is 1. The maximum absolute atomic E-state index is 2.71. The van der Waals surface area contributed by atoms with E-state index in [1.54, 1.807) is 0 Å². The molecule has 108 valence electrons. The van der Waals surface area contributed by atoms with Crippen molar-refractivity contribution in [1.82, 2.24) is 4.90 Å². The second kappa shape index (κ2) is 5.53. The lowest BCUT2D eigenvalue weighted by Crippen LogP contribution is -2.40. The minimum atomic E-state index is 0.324. The van der Waals surface area contributed by atoms with Crippen molar-refractivity contribution >= 4 is 0 Å². The second-order valence-corrected chi connectivity index (χ2v) is 8.48. The number of hydrogen-bond donors (Lipinski definition) is 0. The number of rotatable bonds is 3. The Balaban J connectivity index is 2.85. The molecular weight excluding hydrogens is 218 g/mol. The summed E-state index contributed by atoms with van der Waals surface area (Å²) in [6.07, 6.45) is 2.71. The molecule has 3 atom stereocenters. The fraction of sp³-hybridized carbons (Fsp3) is 1.00. The quantitative estimate of drug-likeness (QED) is 0.697. The van der Waals surface area contributed by atoms with Crippen LogP contribution in [0.15, 0.2) is 0 Å². The monoisotopic (exact) mass is 253 g/mol. The van der Waals surface area contributed by atoms with Crippen molar-refractivity contribution in [3.63, 3.8) is 0 Å². The maximum atomic E-state index is 2.71. The zero-order valence-electron chi connectivity index (χ0n) is 14.0. The Morgan fingerprint density at radius 2 is 1.61 bits per heavy atom. The summed E-state index contributed by atoms with van der Waals surface area (Å²) in [6.45, 7) is 21.7. The van der Waals surface area contributed by atoms with Crippen molar-refractivity contribution < 1.29 is 0 Å². The molecule has 0 aliphatic carbocycles. The maximum Gasteiger partial charge on any atom is 0.0125 e. The third kappa shape index (κ3) is 3.73. The first-order chi connectivity index (χ1) is 8.07. The molecule has 1 heteroatoms. The third-order valence-electron chi connectivity index (χ3n) is 4.90. The molecule has 0 spiro atoms. The van der Waals surface area contributed by atoms with E-state index in [0.717, 1.165) is 17.8 Å². The van der Waals surface area contributed by atoms with E-state index in [-0.39, 0.29) is 0 Å². The molecule has 3 unspecified atom stereocenters. The van der Waals surface area contributed by atoms with Crippen LogP contribution in [0.3, 0.4) is 0 Å². The van der Waals surface area contributed by atoms with Gasteiger partial charge in [0.25, 0.3) is 0 Å². The SMILES string of the molecule is CCCC(C)C1CN(C(C)(C)C)CC1C(C)(C)C. The lowest BCUT2D eigenvalue weighted by Gasteiger charge is -2.35. The standard InChI is InChI=1S/C17H35N/c1-9-10-13(2)14-11-18(17(6,7)8)12-15(14)16(3,4)5/h13-15H,9-12H2,1-8H3. The molecule has 0 radical (unpaired) electrons. The van der Waals surface area contributed by atoms with Gasteiger partial charge in [-0.25, -0.2) is 0 Å². The topological polar surface area (TPSA) is 3.24 Å². The van der Waals surface area contributed by atoms with E-state index in [4.69, 9.17) is 0 Å². The minimum absolute atomic E-state index is 0.324. The van der Waals surface area contributed by atoms with Crippen molar-refractivity contribution in [3.05, 3.63) is 0 Å². The van der Waals surface area contributed by atoms with Gasteiger partial charge in [0.15, 0.2) is 0 Å². The highest BCUT2D eigenvalue weighted by Gasteiger charge is 2.44. The van der Waals surface area contributed by atoms with E-state index in [1.807, 2.05) is 0 Å². The molecular formula is C17H35N. The Morgan fingerprint density at radius 3 is 2.00 bits per heavy atom. The van der Waals surface area contributed by atoms with E-state index < -0.39 is 0 Å². The molecule has 1 fully saturated rings. The molecule has 0 aromatic carbocycles. The van der Waals surface area contributed by atoms with Gasteiger partial charge in [-0.2, -0.15) is 0 Å². The highest BCUT2D eigenvalue weighted by atomic mass is 15.2. The molecule has 1 rings (SSSR count). The van der Waals surface area contributed by atoms with Crippen molar-refractivity contribution in [3.8, 4) is 0 Å². The van der Waals surface area contributed by atoms with Crippen LogP contribution in [0, 0.1) is 23.2 Å². The largest absolute Gasteiger partial charge is 0.298 e. The molecule has 0 saturated carbocycles. The Kier molecular flexibility index (Phi) is 4.92. The Labute approximate surface area is 115 Å². The fourth-order valence-electron chi connectivity index (χ4n) is 3.54. The fourth-order valence-corrected chi connectivity index (χ4v) is 3.54. The van der Waals surface area contributed by atoms with Crippen LogP contribution in [0.25, 0.3) is 0 Å². The zero-order valence-corrected chi connectivity index (χ0v) is 14.0. The highest BCUT2D eigenvalue weighted by Crippen LogP contribution is 2.44. The smallest absolute Gasteiger partial charge is 0.0125 e. The summed E-state index contributed by atoms with van der Waals surface area (Å²) >= 11 is 0. The van der Waals surface area contributed by atoms with E-state index in [9.17, 15) is 0 Å². The van der Waals surface area contributed by atoms with Gasteiger partial charge in [-0.3, -0.25) is 4.90 Å². The van der Waals surface area contributed by atoms with Gasteiger partial charge < -0.3 is 0 Å². The molecule has 0 N–H and O–H groups in total. The summed E-state index contributed by atoms with van der Waals surface area (Å²) in [5.74, 6) is 2.59. The van der Waals surface area contributed by atoms with Crippen LogP contribution in [0.1, 0.15) is 68.2 Å². The normalized spacial score (nSPS) is 28.7. The first-order valence-corrected chi connectivity index (χ1v) is 7.82. The average molecular weight is 253 g/mol. The van der Waals surface area contributed by atoms with Crippen molar-refractivity contribution in [1.29, 1.82) is 0 Å². The highest BCUT2D eigenvalue weighted by molar-refractivity contribution is 4.96. The summed E-state index contributed by atoms with van der Waals surface area (Å²) < 4.78 is 0. The van der Waals surface area contributed by atoms with Gasteiger partial charge in [0, 0.05) is 18.6 Å². The van der Waals surface area contributed by atoms with Crippen LogP contribution in [0.2, 0.25) is 0 Å². The molecule has 1 saturated heterocycles. The summed E-state index contributed by atoms with van der Waals surface area (Å²) in [6, 6.07) is 0. The van der Waals surface area contributed by atoms with E-state index in [1.165, 1.54) is 25.9 Å². The lowest BCUT2D eigenvalue weighted by atomic mass is 9.70. The molecule has 0 bridgehead atoms. The average Bonchev–Trinajstić information content (AvgIpc) is 2.60. The molecule has 1 heterocycles. The summed E-state index contributed by atoms with van der Waals surface area (Å²) in [4.78, 5) is 2.71. The van der Waals surface area contributed by atoms with Gasteiger partial charge in [-0.05, 0) is 43.9 Å². The second-order valence-electron chi connectivity index (χ2n) is 8.48. The van der Waals surface area contributed by atoms with Crippen LogP contribution in [0.5, 0.6) is 0 Å². The lowest BCUT2D eigenvalue weighted by molar-refractivity contribution is 0.144. The first-order valence-electron chi connectivity index (χ1n) is 7.82. The van der Waals surface area contributed by atoms with Crippen LogP contribution >= 0.6 is 0 Å². The Morgan fingerprint density at radius 1 is 1.06 bits per heavy atom.